The predicted octanol–water partition coefficient (Wildman–Crippen LogP) is 0.158. The number of nitrogens with one attached hydrogen (secondary N) is 1. The Hall–Kier alpha value is -2.27. The van der Waals surface area contributed by atoms with Gasteiger partial charge >= 0.3 is 5.97 Å². The van der Waals surface area contributed by atoms with Crippen LogP contribution in [0.4, 0.5) is 0 Å². The number of aromatic carboxylic acids is 1. The Morgan fingerprint density at radius 3 is 2.53 bits per heavy atom. The standard InChI is InChI=1S/C9H8N2O5S/c1-5-2-7(12)6(9(13)14)3-8(5)17(15,16)11-4-10/h2-3,11-12H,1H3,(H,13,14). The molecular formula is C9H8N2O5S. The van der Waals surface area contributed by atoms with Crippen LogP contribution in [-0.4, -0.2) is 24.6 Å². The molecule has 0 aliphatic rings. The molecule has 1 rings (SSSR count). The van der Waals surface area contributed by atoms with E-state index in [-0.39, 0.29) is 10.5 Å². The van der Waals surface area contributed by atoms with Gasteiger partial charge in [0.15, 0.2) is 6.19 Å². The lowest BCUT2D eigenvalue weighted by Crippen LogP contribution is -2.19. The topological polar surface area (TPSA) is 127 Å². The van der Waals surface area contributed by atoms with Crippen LogP contribution in [0.5, 0.6) is 5.75 Å². The minimum atomic E-state index is -4.10. The molecule has 8 heteroatoms. The van der Waals surface area contributed by atoms with E-state index in [9.17, 15) is 18.3 Å². The summed E-state index contributed by atoms with van der Waals surface area (Å²) in [6, 6.07) is 1.81. The lowest BCUT2D eigenvalue weighted by molar-refractivity contribution is 0.0693. The monoisotopic (exact) mass is 256 g/mol. The van der Waals surface area contributed by atoms with Crippen LogP contribution in [0.25, 0.3) is 0 Å². The van der Waals surface area contributed by atoms with Gasteiger partial charge in [0.2, 0.25) is 0 Å². The molecule has 7 nitrogen and oxygen atoms in total. The summed E-state index contributed by atoms with van der Waals surface area (Å²) in [5.74, 6) is -2.00. The van der Waals surface area contributed by atoms with Crippen LogP contribution in [0.2, 0.25) is 0 Å². The largest absolute Gasteiger partial charge is 0.507 e. The van der Waals surface area contributed by atoms with Gasteiger partial charge in [-0.25, -0.2) is 17.9 Å². The van der Waals surface area contributed by atoms with Gasteiger partial charge in [-0.2, -0.15) is 5.26 Å². The summed E-state index contributed by atoms with van der Waals surface area (Å²) in [7, 11) is -4.10. The van der Waals surface area contributed by atoms with E-state index in [1.165, 1.54) is 13.1 Å². The zero-order valence-corrected chi connectivity index (χ0v) is 9.45. The van der Waals surface area contributed by atoms with Crippen molar-refractivity contribution in [1.82, 2.24) is 4.72 Å². The Bertz CT molecular complexity index is 615. The van der Waals surface area contributed by atoms with Crippen LogP contribution in [0.1, 0.15) is 15.9 Å². The Morgan fingerprint density at radius 1 is 1.47 bits per heavy atom. The average Bonchev–Trinajstić information content (AvgIpc) is 2.15. The van der Waals surface area contributed by atoms with Crippen LogP contribution in [0.3, 0.4) is 0 Å². The van der Waals surface area contributed by atoms with E-state index in [1.807, 2.05) is 0 Å². The maximum Gasteiger partial charge on any atom is 0.339 e. The summed E-state index contributed by atoms with van der Waals surface area (Å²) in [5.41, 5.74) is -0.413. The molecule has 0 saturated carbocycles. The number of hydrogen-bond donors (Lipinski definition) is 3. The van der Waals surface area contributed by atoms with Gasteiger partial charge in [-0.3, -0.25) is 0 Å². The second kappa shape index (κ2) is 4.31. The third kappa shape index (κ3) is 2.46. The fraction of sp³-hybridized carbons (Fsp3) is 0.111. The number of aryl methyl sites for hydroxylation is 1. The number of carboxylic acid groups (broad SMARTS) is 1. The maximum atomic E-state index is 11.5. The molecule has 0 aromatic heterocycles. The van der Waals surface area contributed by atoms with E-state index in [1.54, 1.807) is 4.72 Å². The molecule has 1 aromatic carbocycles. The first-order valence-corrected chi connectivity index (χ1v) is 5.75. The number of nitrogens with zero attached hydrogens (tertiary/aromatic N) is 1. The number of rotatable bonds is 3. The Balaban J connectivity index is 3.52. The molecule has 0 radical (unpaired) electrons. The van der Waals surface area contributed by atoms with E-state index < -0.39 is 27.3 Å². The van der Waals surface area contributed by atoms with Crippen LogP contribution in [-0.2, 0) is 10.0 Å². The lowest BCUT2D eigenvalue weighted by Gasteiger charge is -2.08. The molecule has 0 fully saturated rings. The average molecular weight is 256 g/mol. The van der Waals surface area contributed by atoms with Gasteiger partial charge in [-0.15, -0.1) is 0 Å². The molecule has 0 unspecified atom stereocenters. The number of benzene rings is 1. The van der Waals surface area contributed by atoms with Crippen LogP contribution in [0, 0.1) is 18.4 Å². The van der Waals surface area contributed by atoms with Crippen molar-refractivity contribution in [2.45, 2.75) is 11.8 Å². The molecule has 0 bridgehead atoms. The third-order valence-electron chi connectivity index (χ3n) is 1.99. The zero-order valence-electron chi connectivity index (χ0n) is 8.63. The van der Waals surface area contributed by atoms with Gasteiger partial charge in [0, 0.05) is 0 Å². The highest BCUT2D eigenvalue weighted by atomic mass is 32.2. The fourth-order valence-corrected chi connectivity index (χ4v) is 2.23. The van der Waals surface area contributed by atoms with Crippen LogP contribution < -0.4 is 4.72 Å². The Labute approximate surface area is 97.0 Å². The van der Waals surface area contributed by atoms with Gasteiger partial charge in [-0.05, 0) is 24.6 Å². The van der Waals surface area contributed by atoms with Crippen molar-refractivity contribution in [3.05, 3.63) is 23.3 Å². The number of carbonyl (C=O) groups is 1. The highest BCUT2D eigenvalue weighted by molar-refractivity contribution is 7.89. The number of phenols is 1. The van der Waals surface area contributed by atoms with Crippen LogP contribution >= 0.6 is 0 Å². The van der Waals surface area contributed by atoms with E-state index in [4.69, 9.17) is 10.4 Å². The summed E-state index contributed by atoms with van der Waals surface area (Å²) >= 11 is 0. The molecule has 17 heavy (non-hydrogen) atoms. The number of carboxylic acids is 1. The van der Waals surface area contributed by atoms with Crippen LogP contribution in [0.15, 0.2) is 17.0 Å². The minimum absolute atomic E-state index is 0.134. The predicted molar refractivity (Wildman–Crippen MR) is 55.7 cm³/mol. The number of aromatic hydroxyl groups is 1. The molecule has 0 saturated heterocycles. The van der Waals surface area contributed by atoms with Gasteiger partial charge < -0.3 is 10.2 Å². The quantitative estimate of drug-likeness (QED) is 0.522. The highest BCUT2D eigenvalue weighted by Gasteiger charge is 2.21. The second-order valence-electron chi connectivity index (χ2n) is 3.16. The molecular weight excluding hydrogens is 248 g/mol. The lowest BCUT2D eigenvalue weighted by atomic mass is 10.1. The minimum Gasteiger partial charge on any atom is -0.507 e. The first-order valence-electron chi connectivity index (χ1n) is 4.27. The molecule has 1 aromatic rings. The number of nitriles is 1. The van der Waals surface area contributed by atoms with Crippen molar-refractivity contribution >= 4 is 16.0 Å². The Kier molecular flexibility index (Phi) is 3.24. The summed E-state index contributed by atoms with van der Waals surface area (Å²) in [6.07, 6.45) is 1.25. The SMILES string of the molecule is Cc1cc(O)c(C(=O)O)cc1S(=O)(=O)NC#N. The van der Waals surface area contributed by atoms with E-state index >= 15 is 0 Å². The van der Waals surface area contributed by atoms with Gasteiger partial charge in [0.05, 0.1) is 4.90 Å². The normalized spacial score (nSPS) is 10.6. The molecule has 0 amide bonds. The molecule has 0 aliphatic heterocycles. The van der Waals surface area contributed by atoms with Gasteiger partial charge in [-0.1, -0.05) is 0 Å². The summed E-state index contributed by atoms with van der Waals surface area (Å²) in [6.45, 7) is 1.37. The summed E-state index contributed by atoms with van der Waals surface area (Å²) < 4.78 is 24.6. The highest BCUT2D eigenvalue weighted by Crippen LogP contribution is 2.25. The molecule has 0 atom stereocenters. The Morgan fingerprint density at radius 2 is 2.06 bits per heavy atom. The van der Waals surface area contributed by atoms with E-state index in [0.29, 0.717) is 0 Å². The molecule has 0 heterocycles. The number of sulfonamides is 1. The maximum absolute atomic E-state index is 11.5. The fourth-order valence-electron chi connectivity index (χ4n) is 1.25. The summed E-state index contributed by atoms with van der Waals surface area (Å²) in [5, 5.41) is 26.3. The van der Waals surface area contributed by atoms with Crippen molar-refractivity contribution in [2.24, 2.45) is 0 Å². The number of hydrogen-bond acceptors (Lipinski definition) is 5. The van der Waals surface area contributed by atoms with Crippen molar-refractivity contribution in [1.29, 1.82) is 5.26 Å². The third-order valence-corrected chi connectivity index (χ3v) is 3.37. The molecule has 3 N–H and O–H groups in total. The first-order chi connectivity index (χ1) is 7.79. The first kappa shape index (κ1) is 12.8. The molecule has 90 valence electrons. The molecule has 0 aliphatic carbocycles. The summed E-state index contributed by atoms with van der Waals surface area (Å²) in [4.78, 5) is 10.4. The van der Waals surface area contributed by atoms with Gasteiger partial charge in [0.25, 0.3) is 10.0 Å². The van der Waals surface area contributed by atoms with E-state index in [2.05, 4.69) is 0 Å². The van der Waals surface area contributed by atoms with E-state index in [0.717, 1.165) is 12.1 Å². The van der Waals surface area contributed by atoms with Crippen molar-refractivity contribution in [2.75, 3.05) is 0 Å². The van der Waals surface area contributed by atoms with Crippen molar-refractivity contribution < 1.29 is 23.4 Å². The molecule has 0 spiro atoms. The van der Waals surface area contributed by atoms with Gasteiger partial charge in [0.1, 0.15) is 11.3 Å². The zero-order chi connectivity index (χ0) is 13.2. The van der Waals surface area contributed by atoms with Crippen molar-refractivity contribution in [3.63, 3.8) is 0 Å². The van der Waals surface area contributed by atoms with Crippen molar-refractivity contribution in [3.8, 4) is 11.9 Å². The second-order valence-corrected chi connectivity index (χ2v) is 4.81. The smallest absolute Gasteiger partial charge is 0.339 e.